The van der Waals surface area contributed by atoms with E-state index < -0.39 is 0 Å². The van der Waals surface area contributed by atoms with Gasteiger partial charge in [-0.1, -0.05) is 38.1 Å². The summed E-state index contributed by atoms with van der Waals surface area (Å²) in [7, 11) is 0. The molecule has 78 valence electrons. The maximum atomic E-state index is 8.99. The van der Waals surface area contributed by atoms with Gasteiger partial charge >= 0.3 is 0 Å². The second-order valence-corrected chi connectivity index (χ2v) is 3.78. The van der Waals surface area contributed by atoms with Crippen LogP contribution in [0.4, 0.5) is 0 Å². The average molecular weight is 193 g/mol. The number of nitrogens with two attached hydrogens (primary N) is 1. The van der Waals surface area contributed by atoms with Crippen LogP contribution in [0, 0.1) is 5.92 Å². The van der Waals surface area contributed by atoms with Crippen LogP contribution in [0.5, 0.6) is 0 Å². The number of hydrogen-bond acceptors (Lipinski definition) is 2. The van der Waals surface area contributed by atoms with Crippen LogP contribution in [-0.2, 0) is 6.42 Å². The highest BCUT2D eigenvalue weighted by Gasteiger charge is 2.13. The third-order valence-electron chi connectivity index (χ3n) is 2.67. The number of benzene rings is 1. The molecule has 0 saturated heterocycles. The lowest BCUT2D eigenvalue weighted by molar-refractivity contribution is 0.217. The van der Waals surface area contributed by atoms with Crippen molar-refractivity contribution in [2.45, 2.75) is 26.3 Å². The third kappa shape index (κ3) is 2.56. The van der Waals surface area contributed by atoms with Gasteiger partial charge in [0.25, 0.3) is 0 Å². The summed E-state index contributed by atoms with van der Waals surface area (Å²) < 4.78 is 0. The van der Waals surface area contributed by atoms with Crippen LogP contribution in [0.2, 0.25) is 0 Å². The Labute approximate surface area is 85.8 Å². The van der Waals surface area contributed by atoms with E-state index in [1.807, 2.05) is 6.92 Å². The van der Waals surface area contributed by atoms with Crippen molar-refractivity contribution in [3.63, 3.8) is 0 Å². The van der Waals surface area contributed by atoms with Crippen LogP contribution in [0.3, 0.4) is 0 Å². The van der Waals surface area contributed by atoms with E-state index in [9.17, 15) is 0 Å². The summed E-state index contributed by atoms with van der Waals surface area (Å²) in [6, 6.07) is 8.23. The van der Waals surface area contributed by atoms with Gasteiger partial charge in [0, 0.05) is 12.6 Å². The Bertz CT molecular complexity index is 268. The lowest BCUT2D eigenvalue weighted by Crippen LogP contribution is -2.21. The number of rotatable bonds is 4. The first kappa shape index (κ1) is 11.2. The Morgan fingerprint density at radius 2 is 1.86 bits per heavy atom. The topological polar surface area (TPSA) is 46.2 Å². The van der Waals surface area contributed by atoms with Crippen LogP contribution in [0.1, 0.15) is 31.0 Å². The summed E-state index contributed by atoms with van der Waals surface area (Å²) in [5.41, 5.74) is 8.40. The minimum Gasteiger partial charge on any atom is -0.396 e. The predicted octanol–water partition coefficient (Wildman–Crippen LogP) is 1.88. The van der Waals surface area contributed by atoms with Crippen molar-refractivity contribution in [3.05, 3.63) is 35.4 Å². The van der Waals surface area contributed by atoms with Gasteiger partial charge in [-0.05, 0) is 23.5 Å². The molecule has 2 heteroatoms. The molecule has 2 unspecified atom stereocenters. The van der Waals surface area contributed by atoms with Crippen LogP contribution >= 0.6 is 0 Å². The largest absolute Gasteiger partial charge is 0.396 e. The molecule has 3 N–H and O–H groups in total. The smallest absolute Gasteiger partial charge is 0.0474 e. The molecule has 0 aliphatic carbocycles. The molecule has 0 aromatic heterocycles. The second-order valence-electron chi connectivity index (χ2n) is 3.78. The van der Waals surface area contributed by atoms with Gasteiger partial charge in [0.1, 0.15) is 0 Å². The van der Waals surface area contributed by atoms with Gasteiger partial charge in [-0.15, -0.1) is 0 Å². The summed E-state index contributed by atoms with van der Waals surface area (Å²) in [5, 5.41) is 8.99. The maximum absolute atomic E-state index is 8.99. The molecule has 0 radical (unpaired) electrons. The van der Waals surface area contributed by atoms with E-state index in [0.29, 0.717) is 0 Å². The van der Waals surface area contributed by atoms with Crippen LogP contribution in [0.15, 0.2) is 24.3 Å². The first-order chi connectivity index (χ1) is 6.69. The second kappa shape index (κ2) is 5.13. The lowest BCUT2D eigenvalue weighted by atomic mass is 9.95. The Kier molecular flexibility index (Phi) is 4.11. The maximum Gasteiger partial charge on any atom is 0.0474 e. The van der Waals surface area contributed by atoms with Crippen molar-refractivity contribution in [1.29, 1.82) is 0 Å². The SMILES string of the molecule is CCc1ccc(C(N)C(C)CO)cc1. The number of aliphatic hydroxyl groups is 1. The fourth-order valence-electron chi connectivity index (χ4n) is 1.42. The summed E-state index contributed by atoms with van der Waals surface area (Å²) in [6.45, 7) is 4.22. The standard InChI is InChI=1S/C12H19NO/c1-3-10-4-6-11(7-5-10)12(13)9(2)8-14/h4-7,9,12,14H,3,8,13H2,1-2H3. The van der Waals surface area contributed by atoms with E-state index in [-0.39, 0.29) is 18.6 Å². The van der Waals surface area contributed by atoms with E-state index in [1.165, 1.54) is 5.56 Å². The molecule has 2 atom stereocenters. The number of aryl methyl sites for hydroxylation is 1. The van der Waals surface area contributed by atoms with Gasteiger partial charge in [-0.25, -0.2) is 0 Å². The molecule has 1 aromatic rings. The zero-order valence-electron chi connectivity index (χ0n) is 8.90. The number of aliphatic hydroxyl groups excluding tert-OH is 1. The van der Waals surface area contributed by atoms with E-state index in [4.69, 9.17) is 10.8 Å². The van der Waals surface area contributed by atoms with Crippen molar-refractivity contribution >= 4 is 0 Å². The Balaban J connectivity index is 2.75. The highest BCUT2D eigenvalue weighted by Crippen LogP contribution is 2.19. The minimum atomic E-state index is -0.0640. The molecule has 2 nitrogen and oxygen atoms in total. The van der Waals surface area contributed by atoms with Crippen molar-refractivity contribution in [1.82, 2.24) is 0 Å². The van der Waals surface area contributed by atoms with Crippen LogP contribution in [-0.4, -0.2) is 11.7 Å². The molecule has 0 aliphatic heterocycles. The van der Waals surface area contributed by atoms with Crippen LogP contribution in [0.25, 0.3) is 0 Å². The van der Waals surface area contributed by atoms with Crippen molar-refractivity contribution in [3.8, 4) is 0 Å². The molecule has 0 heterocycles. The molecule has 0 spiro atoms. The monoisotopic (exact) mass is 193 g/mol. The Hall–Kier alpha value is -0.860. The molecule has 14 heavy (non-hydrogen) atoms. The quantitative estimate of drug-likeness (QED) is 0.767. The first-order valence-corrected chi connectivity index (χ1v) is 5.14. The van der Waals surface area contributed by atoms with E-state index in [2.05, 4.69) is 31.2 Å². The molecule has 0 saturated carbocycles. The molecular weight excluding hydrogens is 174 g/mol. The Morgan fingerprint density at radius 1 is 1.29 bits per heavy atom. The molecule has 0 fully saturated rings. The normalized spacial score (nSPS) is 15.1. The zero-order chi connectivity index (χ0) is 10.6. The summed E-state index contributed by atoms with van der Waals surface area (Å²) in [4.78, 5) is 0. The third-order valence-corrected chi connectivity index (χ3v) is 2.67. The van der Waals surface area contributed by atoms with Crippen molar-refractivity contribution < 1.29 is 5.11 Å². The molecule has 0 aliphatic rings. The molecule has 0 bridgehead atoms. The van der Waals surface area contributed by atoms with Crippen molar-refractivity contribution in [2.24, 2.45) is 11.7 Å². The average Bonchev–Trinajstić information content (AvgIpc) is 2.27. The highest BCUT2D eigenvalue weighted by molar-refractivity contribution is 5.25. The summed E-state index contributed by atoms with van der Waals surface area (Å²) in [5.74, 6) is 0.113. The lowest BCUT2D eigenvalue weighted by Gasteiger charge is -2.18. The van der Waals surface area contributed by atoms with E-state index >= 15 is 0 Å². The predicted molar refractivity (Wildman–Crippen MR) is 59.0 cm³/mol. The highest BCUT2D eigenvalue weighted by atomic mass is 16.3. The Morgan fingerprint density at radius 3 is 2.29 bits per heavy atom. The zero-order valence-corrected chi connectivity index (χ0v) is 8.90. The summed E-state index contributed by atoms with van der Waals surface area (Å²) in [6.07, 6.45) is 1.05. The molecular formula is C12H19NO. The minimum absolute atomic E-state index is 0.0640. The van der Waals surface area contributed by atoms with Gasteiger partial charge in [-0.3, -0.25) is 0 Å². The first-order valence-electron chi connectivity index (χ1n) is 5.14. The summed E-state index contributed by atoms with van der Waals surface area (Å²) >= 11 is 0. The van der Waals surface area contributed by atoms with Gasteiger partial charge in [0.05, 0.1) is 0 Å². The molecule has 1 aromatic carbocycles. The van der Waals surface area contributed by atoms with Gasteiger partial charge in [-0.2, -0.15) is 0 Å². The molecule has 1 rings (SSSR count). The van der Waals surface area contributed by atoms with Crippen molar-refractivity contribution in [2.75, 3.05) is 6.61 Å². The van der Waals surface area contributed by atoms with E-state index in [0.717, 1.165) is 12.0 Å². The van der Waals surface area contributed by atoms with Crippen LogP contribution < -0.4 is 5.73 Å². The van der Waals surface area contributed by atoms with Gasteiger partial charge in [0.2, 0.25) is 0 Å². The molecule has 0 amide bonds. The van der Waals surface area contributed by atoms with Gasteiger partial charge in [0.15, 0.2) is 0 Å². The number of hydrogen-bond donors (Lipinski definition) is 2. The van der Waals surface area contributed by atoms with E-state index in [1.54, 1.807) is 0 Å². The fraction of sp³-hybridized carbons (Fsp3) is 0.500. The van der Waals surface area contributed by atoms with Gasteiger partial charge < -0.3 is 10.8 Å². The fourth-order valence-corrected chi connectivity index (χ4v) is 1.42.